The highest BCUT2D eigenvalue weighted by Crippen LogP contribution is 2.30. The fraction of sp³-hybridized carbons (Fsp3) is 0.278. The van der Waals surface area contributed by atoms with Gasteiger partial charge >= 0.3 is 0 Å². The van der Waals surface area contributed by atoms with Crippen molar-refractivity contribution >= 4 is 28.5 Å². The standard InChI is InChI=1S/C18H19N5OS/c1-12(2)24-13-3-4-15-14(9-13)18(22-21-15)16-10-17(20-11-19-16)23-5-7-25-8-6-23/h3-5,7,9-12H,6,8H2,1-2H3,(H,21,22). The number of nitrogens with zero attached hydrogens (tertiary/aromatic N) is 4. The number of thioether (sulfide) groups is 1. The maximum absolute atomic E-state index is 5.81. The normalized spacial score (nSPS) is 14.4. The Hall–Kier alpha value is -2.54. The quantitative estimate of drug-likeness (QED) is 0.769. The van der Waals surface area contributed by atoms with Crippen molar-refractivity contribution in [1.29, 1.82) is 0 Å². The third kappa shape index (κ3) is 3.32. The lowest BCUT2D eigenvalue weighted by Crippen LogP contribution is -2.22. The number of aromatic amines is 1. The molecule has 0 spiro atoms. The minimum Gasteiger partial charge on any atom is -0.491 e. The van der Waals surface area contributed by atoms with Crippen molar-refractivity contribution in [2.24, 2.45) is 0 Å². The highest BCUT2D eigenvalue weighted by atomic mass is 32.2. The summed E-state index contributed by atoms with van der Waals surface area (Å²) in [5.74, 6) is 2.76. The zero-order valence-electron chi connectivity index (χ0n) is 14.1. The number of ether oxygens (including phenoxy) is 1. The Morgan fingerprint density at radius 3 is 2.96 bits per heavy atom. The van der Waals surface area contributed by atoms with Gasteiger partial charge in [-0.3, -0.25) is 5.10 Å². The van der Waals surface area contributed by atoms with Crippen LogP contribution in [0.4, 0.5) is 5.82 Å². The molecular weight excluding hydrogens is 334 g/mol. The number of rotatable bonds is 4. The molecule has 0 saturated heterocycles. The Kier molecular flexibility index (Phi) is 4.31. The Labute approximate surface area is 150 Å². The molecule has 6 nitrogen and oxygen atoms in total. The summed E-state index contributed by atoms with van der Waals surface area (Å²) in [5, 5.41) is 10.6. The van der Waals surface area contributed by atoms with Crippen LogP contribution in [0.25, 0.3) is 22.3 Å². The van der Waals surface area contributed by atoms with E-state index in [-0.39, 0.29) is 6.10 Å². The summed E-state index contributed by atoms with van der Waals surface area (Å²) in [6.45, 7) is 4.97. The molecule has 0 bridgehead atoms. The van der Waals surface area contributed by atoms with Crippen LogP contribution in [0.5, 0.6) is 5.75 Å². The van der Waals surface area contributed by atoms with Gasteiger partial charge in [0, 0.05) is 30.0 Å². The van der Waals surface area contributed by atoms with Gasteiger partial charge in [0.2, 0.25) is 0 Å². The Bertz CT molecular complexity index is 921. The van der Waals surface area contributed by atoms with Gasteiger partial charge < -0.3 is 9.64 Å². The van der Waals surface area contributed by atoms with Crippen LogP contribution in [-0.2, 0) is 0 Å². The molecule has 1 aliphatic heterocycles. The van der Waals surface area contributed by atoms with Gasteiger partial charge in [0.15, 0.2) is 0 Å². The fourth-order valence-electron chi connectivity index (χ4n) is 2.77. The smallest absolute Gasteiger partial charge is 0.136 e. The van der Waals surface area contributed by atoms with Crippen LogP contribution in [0.3, 0.4) is 0 Å². The molecule has 0 atom stereocenters. The molecule has 0 saturated carbocycles. The SMILES string of the molecule is CC(C)Oc1ccc2[nH]nc(-c3cc(N4C=CSCC4)ncn3)c2c1. The van der Waals surface area contributed by atoms with Crippen LogP contribution in [-0.4, -0.2) is 38.6 Å². The molecule has 7 heteroatoms. The van der Waals surface area contributed by atoms with E-state index in [9.17, 15) is 0 Å². The molecule has 0 fully saturated rings. The van der Waals surface area contributed by atoms with Gasteiger partial charge in [-0.25, -0.2) is 9.97 Å². The number of benzene rings is 1. The first-order valence-corrected chi connectivity index (χ1v) is 9.28. The molecule has 0 amide bonds. The van der Waals surface area contributed by atoms with Crippen molar-refractivity contribution in [2.75, 3.05) is 17.2 Å². The molecule has 4 rings (SSSR count). The summed E-state index contributed by atoms with van der Waals surface area (Å²) in [6.07, 6.45) is 3.77. The van der Waals surface area contributed by atoms with E-state index in [2.05, 4.69) is 36.7 Å². The number of hydrogen-bond acceptors (Lipinski definition) is 6. The van der Waals surface area contributed by atoms with E-state index in [4.69, 9.17) is 4.74 Å². The minimum atomic E-state index is 0.127. The van der Waals surface area contributed by atoms with Crippen molar-refractivity contribution < 1.29 is 4.74 Å². The Morgan fingerprint density at radius 2 is 2.16 bits per heavy atom. The second kappa shape index (κ2) is 6.76. The largest absolute Gasteiger partial charge is 0.491 e. The van der Waals surface area contributed by atoms with E-state index in [0.717, 1.165) is 46.2 Å². The van der Waals surface area contributed by atoms with E-state index >= 15 is 0 Å². The van der Waals surface area contributed by atoms with Crippen molar-refractivity contribution in [3.05, 3.63) is 42.2 Å². The third-order valence-electron chi connectivity index (χ3n) is 3.88. The Morgan fingerprint density at radius 1 is 1.24 bits per heavy atom. The van der Waals surface area contributed by atoms with Gasteiger partial charge in [-0.2, -0.15) is 5.10 Å². The molecule has 0 aliphatic carbocycles. The summed E-state index contributed by atoms with van der Waals surface area (Å²) >= 11 is 1.81. The fourth-order valence-corrected chi connectivity index (χ4v) is 3.44. The number of aromatic nitrogens is 4. The number of H-pyrrole nitrogens is 1. The lowest BCUT2D eigenvalue weighted by Gasteiger charge is -2.21. The topological polar surface area (TPSA) is 66.9 Å². The lowest BCUT2D eigenvalue weighted by molar-refractivity contribution is 0.243. The van der Waals surface area contributed by atoms with Crippen molar-refractivity contribution in [2.45, 2.75) is 20.0 Å². The summed E-state index contributed by atoms with van der Waals surface area (Å²) in [4.78, 5) is 11.0. The van der Waals surface area contributed by atoms with E-state index in [0.29, 0.717) is 0 Å². The average Bonchev–Trinajstić information content (AvgIpc) is 3.05. The highest BCUT2D eigenvalue weighted by molar-refractivity contribution is 8.02. The number of nitrogens with one attached hydrogen (secondary N) is 1. The molecular formula is C18H19N5OS. The van der Waals surface area contributed by atoms with Crippen molar-refractivity contribution in [3.8, 4) is 17.1 Å². The predicted molar refractivity (Wildman–Crippen MR) is 102 cm³/mol. The zero-order chi connectivity index (χ0) is 17.2. The first-order chi connectivity index (χ1) is 12.2. The second-order valence-electron chi connectivity index (χ2n) is 6.06. The van der Waals surface area contributed by atoms with Crippen LogP contribution < -0.4 is 9.64 Å². The predicted octanol–water partition coefficient (Wildman–Crippen LogP) is 3.83. The lowest BCUT2D eigenvalue weighted by atomic mass is 10.1. The summed E-state index contributed by atoms with van der Waals surface area (Å²) in [5.41, 5.74) is 2.56. The van der Waals surface area contributed by atoms with Gasteiger partial charge in [-0.1, -0.05) is 0 Å². The summed E-state index contributed by atoms with van der Waals surface area (Å²) in [6, 6.07) is 7.92. The van der Waals surface area contributed by atoms with E-state index < -0.39 is 0 Å². The molecule has 1 aromatic carbocycles. The van der Waals surface area contributed by atoms with Crippen LogP contribution >= 0.6 is 11.8 Å². The van der Waals surface area contributed by atoms with Crippen molar-refractivity contribution in [1.82, 2.24) is 20.2 Å². The average molecular weight is 353 g/mol. The number of fused-ring (bicyclic) bond motifs is 1. The van der Waals surface area contributed by atoms with Crippen LogP contribution in [0.2, 0.25) is 0 Å². The monoisotopic (exact) mass is 353 g/mol. The Balaban J connectivity index is 1.74. The molecule has 0 radical (unpaired) electrons. The zero-order valence-corrected chi connectivity index (χ0v) is 15.0. The molecule has 0 unspecified atom stereocenters. The molecule has 1 aliphatic rings. The second-order valence-corrected chi connectivity index (χ2v) is 7.07. The number of anilines is 1. The molecule has 25 heavy (non-hydrogen) atoms. The molecule has 2 aromatic heterocycles. The van der Waals surface area contributed by atoms with E-state index in [1.54, 1.807) is 18.1 Å². The third-order valence-corrected chi connectivity index (χ3v) is 4.62. The van der Waals surface area contributed by atoms with E-state index in [1.165, 1.54) is 0 Å². The highest BCUT2D eigenvalue weighted by Gasteiger charge is 2.14. The molecule has 1 N–H and O–H groups in total. The maximum Gasteiger partial charge on any atom is 0.136 e. The molecule has 128 valence electrons. The van der Waals surface area contributed by atoms with Crippen LogP contribution in [0.15, 0.2) is 42.2 Å². The minimum absolute atomic E-state index is 0.127. The van der Waals surface area contributed by atoms with Gasteiger partial charge in [0.25, 0.3) is 0 Å². The summed E-state index contributed by atoms with van der Waals surface area (Å²) in [7, 11) is 0. The molecule has 3 heterocycles. The van der Waals surface area contributed by atoms with Crippen LogP contribution in [0, 0.1) is 0 Å². The first-order valence-electron chi connectivity index (χ1n) is 8.23. The van der Waals surface area contributed by atoms with E-state index in [1.807, 2.05) is 38.1 Å². The van der Waals surface area contributed by atoms with Gasteiger partial charge in [-0.05, 0) is 37.5 Å². The maximum atomic E-state index is 5.81. The summed E-state index contributed by atoms with van der Waals surface area (Å²) < 4.78 is 5.81. The molecule has 3 aromatic rings. The van der Waals surface area contributed by atoms with Gasteiger partial charge in [-0.15, -0.1) is 11.8 Å². The first kappa shape index (κ1) is 16.0. The van der Waals surface area contributed by atoms with Gasteiger partial charge in [0.1, 0.15) is 23.6 Å². The van der Waals surface area contributed by atoms with Crippen molar-refractivity contribution in [3.63, 3.8) is 0 Å². The number of hydrogen-bond donors (Lipinski definition) is 1. The van der Waals surface area contributed by atoms with Gasteiger partial charge in [0.05, 0.1) is 17.3 Å². The van der Waals surface area contributed by atoms with Crippen LogP contribution in [0.1, 0.15) is 13.8 Å².